The van der Waals surface area contributed by atoms with Crippen LogP contribution in [-0.4, -0.2) is 37.5 Å². The molecule has 2 amide bonds. The molecule has 1 aromatic carbocycles. The first kappa shape index (κ1) is 28.7. The van der Waals surface area contributed by atoms with E-state index in [1.54, 1.807) is 42.1 Å². The highest BCUT2D eigenvalue weighted by molar-refractivity contribution is 6.04. The van der Waals surface area contributed by atoms with Crippen molar-refractivity contribution < 1.29 is 14.0 Å². The number of aromatic nitrogens is 4. The van der Waals surface area contributed by atoms with E-state index in [9.17, 15) is 14.4 Å². The Morgan fingerprint density at radius 1 is 1.20 bits per heavy atom. The molecule has 4 heterocycles. The zero-order chi connectivity index (χ0) is 31.5. The molecule has 4 aromatic heterocycles. The topological polar surface area (TPSA) is 173 Å². The molecule has 45 heavy (non-hydrogen) atoms. The molecule has 1 aliphatic carbocycles. The Balaban J connectivity index is 1.33. The van der Waals surface area contributed by atoms with Gasteiger partial charge in [0.05, 0.1) is 24.0 Å². The third kappa shape index (κ3) is 5.56. The van der Waals surface area contributed by atoms with Crippen LogP contribution < -0.4 is 21.9 Å². The summed E-state index contributed by atoms with van der Waals surface area (Å²) in [5, 5.41) is 19.7. The molecule has 0 fully saturated rings. The number of pyridine rings is 1. The summed E-state index contributed by atoms with van der Waals surface area (Å²) in [5.41, 5.74) is 7.38. The number of benzene rings is 1. The first-order chi connectivity index (χ1) is 21.9. The fraction of sp³-hybridized carbons (Fsp3) is 0.152. The van der Waals surface area contributed by atoms with Crippen LogP contribution in [0.25, 0.3) is 16.4 Å². The van der Waals surface area contributed by atoms with E-state index in [1.165, 1.54) is 16.6 Å². The number of amides is 2. The minimum atomic E-state index is -0.597. The molecule has 0 saturated carbocycles. The third-order valence-electron chi connectivity index (χ3n) is 7.34. The highest BCUT2D eigenvalue weighted by Gasteiger charge is 2.25. The van der Waals surface area contributed by atoms with Crippen LogP contribution in [0.4, 0.5) is 5.82 Å². The van der Waals surface area contributed by atoms with Crippen molar-refractivity contribution in [1.29, 1.82) is 5.26 Å². The molecule has 0 saturated heterocycles. The van der Waals surface area contributed by atoms with Crippen molar-refractivity contribution in [3.63, 3.8) is 0 Å². The quantitative estimate of drug-likeness (QED) is 0.249. The summed E-state index contributed by atoms with van der Waals surface area (Å²) < 4.78 is 8.26. The molecule has 0 bridgehead atoms. The number of nitrogens with one attached hydrogen (secondary N) is 2. The number of hydrogen-bond acceptors (Lipinski definition) is 8. The lowest BCUT2D eigenvalue weighted by atomic mass is 10.0. The number of nitrogen functional groups attached to an aromatic ring is 1. The lowest BCUT2D eigenvalue weighted by Crippen LogP contribution is -2.34. The van der Waals surface area contributed by atoms with E-state index in [2.05, 4.69) is 32.6 Å². The second-order valence-electron chi connectivity index (χ2n) is 10.2. The number of anilines is 1. The Labute approximate surface area is 256 Å². The average Bonchev–Trinajstić information content (AvgIpc) is 3.67. The number of carbonyl (C=O) groups is 2. The maximum absolute atomic E-state index is 14.2. The van der Waals surface area contributed by atoms with Gasteiger partial charge in [-0.2, -0.15) is 5.26 Å². The van der Waals surface area contributed by atoms with Crippen molar-refractivity contribution in [3.8, 4) is 17.9 Å². The molecule has 5 aromatic rings. The van der Waals surface area contributed by atoms with Crippen molar-refractivity contribution >= 4 is 34.1 Å². The fourth-order valence-electron chi connectivity index (χ4n) is 5.27. The Morgan fingerprint density at radius 3 is 2.84 bits per heavy atom. The Morgan fingerprint density at radius 2 is 2.07 bits per heavy atom. The molecule has 4 N–H and O–H groups in total. The highest BCUT2D eigenvalue weighted by atomic mass is 16.3. The van der Waals surface area contributed by atoms with Gasteiger partial charge in [-0.1, -0.05) is 48.3 Å². The van der Waals surface area contributed by atoms with Gasteiger partial charge in [0.1, 0.15) is 11.6 Å². The Bertz CT molecular complexity index is 2200. The zero-order valence-electron chi connectivity index (χ0n) is 24.0. The number of furan rings is 1. The number of nitrogens with two attached hydrogens (primary N) is 1. The van der Waals surface area contributed by atoms with Gasteiger partial charge in [0.25, 0.3) is 17.4 Å². The molecule has 6 rings (SSSR count). The van der Waals surface area contributed by atoms with Crippen molar-refractivity contribution in [2.45, 2.75) is 25.4 Å². The van der Waals surface area contributed by atoms with Crippen LogP contribution >= 0.6 is 0 Å². The van der Waals surface area contributed by atoms with E-state index in [-0.39, 0.29) is 41.0 Å². The van der Waals surface area contributed by atoms with E-state index in [0.717, 1.165) is 0 Å². The number of hydrogen-bond donors (Lipinski definition) is 3. The number of fused-ring (bicyclic) bond motifs is 2. The van der Waals surface area contributed by atoms with Gasteiger partial charge in [0.15, 0.2) is 17.2 Å². The molecular weight excluding hydrogens is 572 g/mol. The maximum atomic E-state index is 14.2. The lowest BCUT2D eigenvalue weighted by molar-refractivity contribution is 0.0926. The van der Waals surface area contributed by atoms with Crippen LogP contribution in [0, 0.1) is 23.2 Å². The fourth-order valence-corrected chi connectivity index (χ4v) is 5.27. The molecule has 1 aliphatic rings. The predicted octanol–water partition coefficient (Wildman–Crippen LogP) is 3.42. The second-order valence-corrected chi connectivity index (χ2v) is 10.2. The van der Waals surface area contributed by atoms with Crippen LogP contribution in [-0.2, 0) is 0 Å². The van der Waals surface area contributed by atoms with E-state index in [0.29, 0.717) is 34.1 Å². The monoisotopic (exact) mass is 598 g/mol. The first-order valence-electron chi connectivity index (χ1n) is 14.0. The molecule has 0 spiro atoms. The summed E-state index contributed by atoms with van der Waals surface area (Å²) >= 11 is 0. The predicted molar refractivity (Wildman–Crippen MR) is 166 cm³/mol. The van der Waals surface area contributed by atoms with Crippen LogP contribution in [0.15, 0.2) is 88.4 Å². The number of rotatable bonds is 6. The zero-order valence-corrected chi connectivity index (χ0v) is 24.0. The van der Waals surface area contributed by atoms with Gasteiger partial charge in [-0.15, -0.1) is 5.10 Å². The molecule has 0 aliphatic heterocycles. The van der Waals surface area contributed by atoms with Crippen LogP contribution in [0.2, 0.25) is 0 Å². The van der Waals surface area contributed by atoms with Gasteiger partial charge in [-0.25, -0.2) is 9.50 Å². The maximum Gasteiger partial charge on any atom is 0.287 e. The van der Waals surface area contributed by atoms with Crippen LogP contribution in [0.3, 0.4) is 0 Å². The van der Waals surface area contributed by atoms with Crippen molar-refractivity contribution in [2.75, 3.05) is 12.3 Å². The van der Waals surface area contributed by atoms with Gasteiger partial charge < -0.3 is 25.4 Å². The molecule has 222 valence electrons. The molecular formula is C33H26N8O4. The summed E-state index contributed by atoms with van der Waals surface area (Å²) in [6, 6.07) is 12.7. The van der Waals surface area contributed by atoms with Crippen LogP contribution in [0.1, 0.15) is 63.4 Å². The highest BCUT2D eigenvalue weighted by Crippen LogP contribution is 2.27. The summed E-state index contributed by atoms with van der Waals surface area (Å²) in [6.07, 6.45) is 11.5. The number of nitriles is 1. The van der Waals surface area contributed by atoms with Gasteiger partial charge >= 0.3 is 0 Å². The molecule has 1 unspecified atom stereocenters. The van der Waals surface area contributed by atoms with Gasteiger partial charge in [0, 0.05) is 23.7 Å². The number of nitrogens with zero attached hydrogens (tertiary/aromatic N) is 5. The van der Waals surface area contributed by atoms with Gasteiger partial charge in [-0.05, 0) is 49.1 Å². The summed E-state index contributed by atoms with van der Waals surface area (Å²) in [4.78, 5) is 44.3. The number of carbonyl (C=O) groups excluding carboxylic acids is 2. The summed E-state index contributed by atoms with van der Waals surface area (Å²) in [5.74, 6) is 5.02. The van der Waals surface area contributed by atoms with Gasteiger partial charge in [-0.3, -0.25) is 14.4 Å². The first-order valence-corrected chi connectivity index (χ1v) is 14.0. The standard InChI is InChI=1S/C33H26N8O4/c1-20(38-32(43)28-29(35)39-40-17-7-16-36-30(28)40)25-18-22-9-5-8-21(27(22)33(44)41(25)23-11-3-2-4-12-23)10-6-15-37-31(42)26-14-13-24(19-34)45-26/h2-5,7-9,11,13-14,16-18,20,23H,12,15H2,1H3,(H2,35,39)(H,37,42)(H,38,43)/t20-,23?/m0/s1. The summed E-state index contributed by atoms with van der Waals surface area (Å²) in [7, 11) is 0. The largest absolute Gasteiger partial charge is 0.440 e. The Kier molecular flexibility index (Phi) is 7.70. The lowest BCUT2D eigenvalue weighted by Gasteiger charge is -2.26. The minimum absolute atomic E-state index is 0.00486. The smallest absolute Gasteiger partial charge is 0.287 e. The van der Waals surface area contributed by atoms with E-state index < -0.39 is 17.9 Å². The molecule has 2 atom stereocenters. The van der Waals surface area contributed by atoms with Crippen molar-refractivity contribution in [2.24, 2.45) is 0 Å². The van der Waals surface area contributed by atoms with E-state index in [4.69, 9.17) is 15.4 Å². The third-order valence-corrected chi connectivity index (χ3v) is 7.34. The minimum Gasteiger partial charge on any atom is -0.440 e. The molecule has 12 heteroatoms. The molecule has 12 nitrogen and oxygen atoms in total. The second kappa shape index (κ2) is 12.1. The van der Waals surface area contributed by atoms with Crippen molar-refractivity contribution in [3.05, 3.63) is 118 Å². The molecule has 0 radical (unpaired) electrons. The van der Waals surface area contributed by atoms with E-state index in [1.807, 2.05) is 42.5 Å². The van der Waals surface area contributed by atoms with Crippen LogP contribution in [0.5, 0.6) is 0 Å². The number of allylic oxidation sites excluding steroid dienone is 4. The SMILES string of the molecule is C[C@H](NC(=O)c1c(N)nn2cccnc12)c1cc2cccc(C#CCNC(=O)c3ccc(C#N)o3)c2c(=O)n1C1C=CC=CC1. The Hall–Kier alpha value is -6.40. The average molecular weight is 599 g/mol. The van der Waals surface area contributed by atoms with E-state index >= 15 is 0 Å². The summed E-state index contributed by atoms with van der Waals surface area (Å²) in [6.45, 7) is 1.79. The normalized spacial score (nSPS) is 14.4. The van der Waals surface area contributed by atoms with Crippen molar-refractivity contribution in [1.82, 2.24) is 29.8 Å². The van der Waals surface area contributed by atoms with Gasteiger partial charge in [0.2, 0.25) is 5.76 Å².